The molecule has 0 bridgehead atoms. The quantitative estimate of drug-likeness (QED) is 0.205. The Balaban J connectivity index is 1.36. The van der Waals surface area contributed by atoms with E-state index in [2.05, 4.69) is 0 Å². The second-order valence-corrected chi connectivity index (χ2v) is 9.75. The number of aliphatic hydroxyl groups excluding tert-OH is 1. The summed E-state index contributed by atoms with van der Waals surface area (Å²) in [4.78, 5) is 28.9. The number of rotatable bonds is 9. The molecule has 204 valence electrons. The Bertz CT molecular complexity index is 1740. The van der Waals surface area contributed by atoms with Crippen molar-refractivity contribution in [3.63, 3.8) is 0 Å². The van der Waals surface area contributed by atoms with Crippen LogP contribution in [0.5, 0.6) is 11.5 Å². The van der Waals surface area contributed by atoms with Crippen LogP contribution in [0.4, 0.5) is 0 Å². The minimum atomic E-state index is -0.839. The van der Waals surface area contributed by atoms with Crippen molar-refractivity contribution in [2.45, 2.75) is 19.2 Å². The fraction of sp³-hybridized carbons (Fsp3) is 0.118. The van der Waals surface area contributed by atoms with E-state index in [0.717, 1.165) is 11.1 Å². The zero-order valence-corrected chi connectivity index (χ0v) is 22.3. The molecule has 1 atom stereocenters. The molecular formula is C34H27NO6. The van der Waals surface area contributed by atoms with Crippen LogP contribution in [0.1, 0.15) is 33.3 Å². The van der Waals surface area contributed by atoms with Crippen LogP contribution in [-0.4, -0.2) is 28.8 Å². The van der Waals surface area contributed by atoms with Gasteiger partial charge >= 0.3 is 0 Å². The fourth-order valence-electron chi connectivity index (χ4n) is 5.10. The van der Waals surface area contributed by atoms with Crippen LogP contribution in [0.25, 0.3) is 11.0 Å². The summed E-state index contributed by atoms with van der Waals surface area (Å²) in [6.07, 6.45) is 0. The number of carbonyl (C=O) groups excluding carboxylic acids is 2. The molecule has 1 aromatic heterocycles. The SMILES string of the molecule is COc1cccc2cc(C(=O)C3=C(O)C(=O)N(Cc4ccccc4)C3c3ccc(OCc4ccccc4)cc3)oc12. The fourth-order valence-corrected chi connectivity index (χ4v) is 5.10. The number of para-hydroxylation sites is 1. The first-order chi connectivity index (χ1) is 20.0. The second kappa shape index (κ2) is 11.1. The van der Waals surface area contributed by atoms with Gasteiger partial charge in [0.25, 0.3) is 5.91 Å². The molecule has 0 saturated heterocycles. The number of hydrogen-bond acceptors (Lipinski definition) is 6. The zero-order chi connectivity index (χ0) is 28.3. The Hall–Kier alpha value is -5.30. The van der Waals surface area contributed by atoms with E-state index in [1.54, 1.807) is 36.4 Å². The molecule has 5 aromatic rings. The summed E-state index contributed by atoms with van der Waals surface area (Å²) in [5, 5.41) is 11.8. The summed E-state index contributed by atoms with van der Waals surface area (Å²) >= 11 is 0. The maximum atomic E-state index is 13.9. The van der Waals surface area contributed by atoms with Gasteiger partial charge in [-0.3, -0.25) is 9.59 Å². The van der Waals surface area contributed by atoms with Crippen LogP contribution in [-0.2, 0) is 17.9 Å². The highest BCUT2D eigenvalue weighted by molar-refractivity contribution is 6.16. The predicted molar refractivity (Wildman–Crippen MR) is 154 cm³/mol. The van der Waals surface area contributed by atoms with Gasteiger partial charge in [0.05, 0.1) is 18.7 Å². The highest BCUT2D eigenvalue weighted by Gasteiger charge is 2.44. The van der Waals surface area contributed by atoms with E-state index in [0.29, 0.717) is 34.6 Å². The number of amides is 1. The van der Waals surface area contributed by atoms with Crippen molar-refractivity contribution in [1.29, 1.82) is 0 Å². The molecule has 2 heterocycles. The highest BCUT2D eigenvalue weighted by atomic mass is 16.5. The molecule has 1 aliphatic heterocycles. The summed E-state index contributed by atoms with van der Waals surface area (Å²) < 4.78 is 17.2. The molecule has 1 N–H and O–H groups in total. The van der Waals surface area contributed by atoms with Gasteiger partial charge in [0.2, 0.25) is 5.78 Å². The molecule has 0 saturated carbocycles. The lowest BCUT2D eigenvalue weighted by atomic mass is 9.94. The van der Waals surface area contributed by atoms with Crippen LogP contribution in [0, 0.1) is 0 Å². The largest absolute Gasteiger partial charge is 0.503 e. The van der Waals surface area contributed by atoms with Crippen molar-refractivity contribution >= 4 is 22.7 Å². The summed E-state index contributed by atoms with van der Waals surface area (Å²) in [5.41, 5.74) is 2.93. The average Bonchev–Trinajstić information content (AvgIpc) is 3.56. The first kappa shape index (κ1) is 26.0. The third-order valence-electron chi connectivity index (χ3n) is 7.14. The Morgan fingerprint density at radius 3 is 2.24 bits per heavy atom. The smallest absolute Gasteiger partial charge is 0.290 e. The van der Waals surface area contributed by atoms with Gasteiger partial charge in [-0.2, -0.15) is 0 Å². The Labute approximate surface area is 236 Å². The van der Waals surface area contributed by atoms with E-state index in [1.807, 2.05) is 72.8 Å². The van der Waals surface area contributed by atoms with Crippen LogP contribution < -0.4 is 9.47 Å². The van der Waals surface area contributed by atoms with Crippen molar-refractivity contribution < 1.29 is 28.6 Å². The molecule has 1 unspecified atom stereocenters. The first-order valence-electron chi connectivity index (χ1n) is 13.2. The van der Waals surface area contributed by atoms with Gasteiger partial charge in [-0.05, 0) is 41.0 Å². The molecule has 4 aromatic carbocycles. The Morgan fingerprint density at radius 2 is 1.56 bits per heavy atom. The number of Topliss-reactive ketones (excluding diaryl/α,β-unsaturated/α-hetero) is 1. The van der Waals surface area contributed by atoms with Gasteiger partial charge in [-0.25, -0.2) is 0 Å². The zero-order valence-electron chi connectivity index (χ0n) is 22.3. The normalized spacial score (nSPS) is 15.0. The van der Waals surface area contributed by atoms with Gasteiger partial charge in [-0.1, -0.05) is 84.9 Å². The highest BCUT2D eigenvalue weighted by Crippen LogP contribution is 2.41. The van der Waals surface area contributed by atoms with E-state index in [1.165, 1.54) is 12.0 Å². The first-order valence-corrected chi connectivity index (χ1v) is 13.2. The molecule has 0 aliphatic carbocycles. The number of methoxy groups -OCH3 is 1. The number of hydrogen-bond donors (Lipinski definition) is 1. The number of carbonyl (C=O) groups is 2. The standard InChI is InChI=1S/C34H27NO6/c1-39-27-14-8-13-25-19-28(41-33(25)27)31(36)29-30(35(34(38)32(29)37)20-22-9-4-2-5-10-22)24-15-17-26(18-16-24)40-21-23-11-6-3-7-12-23/h2-19,30,37H,20-21H2,1H3. The van der Waals surface area contributed by atoms with Crippen molar-refractivity contribution in [2.75, 3.05) is 7.11 Å². The molecular weight excluding hydrogens is 518 g/mol. The minimum absolute atomic E-state index is 0.00762. The van der Waals surface area contributed by atoms with E-state index >= 15 is 0 Å². The monoisotopic (exact) mass is 545 g/mol. The van der Waals surface area contributed by atoms with Crippen LogP contribution >= 0.6 is 0 Å². The number of ether oxygens (including phenoxy) is 2. The minimum Gasteiger partial charge on any atom is -0.503 e. The summed E-state index contributed by atoms with van der Waals surface area (Å²) in [6, 6.07) is 32.6. The van der Waals surface area contributed by atoms with Crippen LogP contribution in [0.15, 0.2) is 125 Å². The number of fused-ring (bicyclic) bond motifs is 1. The lowest BCUT2D eigenvalue weighted by Gasteiger charge is -2.27. The van der Waals surface area contributed by atoms with Crippen molar-refractivity contribution in [3.05, 3.63) is 143 Å². The number of benzene rings is 4. The maximum absolute atomic E-state index is 13.9. The molecule has 0 spiro atoms. The molecule has 0 fully saturated rings. The lowest BCUT2D eigenvalue weighted by molar-refractivity contribution is -0.130. The Morgan fingerprint density at radius 1 is 0.878 bits per heavy atom. The maximum Gasteiger partial charge on any atom is 0.290 e. The van der Waals surface area contributed by atoms with E-state index < -0.39 is 23.5 Å². The molecule has 0 radical (unpaired) electrons. The van der Waals surface area contributed by atoms with Crippen LogP contribution in [0.2, 0.25) is 0 Å². The summed E-state index contributed by atoms with van der Waals surface area (Å²) in [7, 11) is 1.52. The van der Waals surface area contributed by atoms with E-state index in [4.69, 9.17) is 13.9 Å². The molecule has 7 nitrogen and oxygen atoms in total. The predicted octanol–water partition coefficient (Wildman–Crippen LogP) is 6.80. The molecule has 6 rings (SSSR count). The lowest BCUT2D eigenvalue weighted by Crippen LogP contribution is -2.30. The van der Waals surface area contributed by atoms with Crippen molar-refractivity contribution in [2.24, 2.45) is 0 Å². The summed E-state index contributed by atoms with van der Waals surface area (Å²) in [6.45, 7) is 0.605. The Kier molecular flexibility index (Phi) is 7.00. The number of nitrogens with zero attached hydrogens (tertiary/aromatic N) is 1. The van der Waals surface area contributed by atoms with Gasteiger partial charge < -0.3 is 23.9 Å². The van der Waals surface area contributed by atoms with Crippen molar-refractivity contribution in [1.82, 2.24) is 4.90 Å². The molecule has 7 heteroatoms. The average molecular weight is 546 g/mol. The van der Waals surface area contributed by atoms with E-state index in [-0.39, 0.29) is 17.9 Å². The van der Waals surface area contributed by atoms with Crippen molar-refractivity contribution in [3.8, 4) is 11.5 Å². The number of aliphatic hydroxyl groups is 1. The molecule has 41 heavy (non-hydrogen) atoms. The third-order valence-corrected chi connectivity index (χ3v) is 7.14. The molecule has 1 amide bonds. The number of furan rings is 1. The van der Waals surface area contributed by atoms with Gasteiger partial charge in [0.15, 0.2) is 22.9 Å². The molecule has 1 aliphatic rings. The second-order valence-electron chi connectivity index (χ2n) is 9.75. The van der Waals surface area contributed by atoms with Gasteiger partial charge in [0.1, 0.15) is 12.4 Å². The third kappa shape index (κ3) is 5.05. The van der Waals surface area contributed by atoms with E-state index in [9.17, 15) is 14.7 Å². The number of ketones is 1. The van der Waals surface area contributed by atoms with Gasteiger partial charge in [-0.15, -0.1) is 0 Å². The topological polar surface area (TPSA) is 89.2 Å². The van der Waals surface area contributed by atoms with Gasteiger partial charge in [0, 0.05) is 11.9 Å². The van der Waals surface area contributed by atoms with Crippen LogP contribution in [0.3, 0.4) is 0 Å². The summed E-state index contributed by atoms with van der Waals surface area (Å²) in [5.74, 6) is -0.655.